The molecule has 0 unspecified atom stereocenters. The van der Waals surface area contributed by atoms with Crippen LogP contribution in [0, 0.1) is 0 Å². The molecule has 3 rings (SSSR count). The van der Waals surface area contributed by atoms with Crippen LogP contribution in [0.1, 0.15) is 17.5 Å². The molecule has 1 aliphatic rings. The topological polar surface area (TPSA) is 15.7 Å². The summed E-state index contributed by atoms with van der Waals surface area (Å²) < 4.78 is 6.06. The van der Waals surface area contributed by atoms with Gasteiger partial charge in [0.05, 0.1) is 0 Å². The van der Waals surface area contributed by atoms with E-state index >= 15 is 0 Å². The number of ether oxygens (including phenoxy) is 1. The predicted molar refractivity (Wildman–Crippen MR) is 104 cm³/mol. The molecule has 1 fully saturated rings. The molecule has 0 N–H and O–H groups in total. The third-order valence-corrected chi connectivity index (χ3v) is 5.05. The zero-order chi connectivity index (χ0) is 17.5. The van der Waals surface area contributed by atoms with Crippen molar-refractivity contribution in [3.8, 4) is 5.75 Å². The summed E-state index contributed by atoms with van der Waals surface area (Å²) in [5.41, 5.74) is 2.43. The Hall–Kier alpha value is -1.55. The van der Waals surface area contributed by atoms with Crippen molar-refractivity contribution in [3.63, 3.8) is 0 Å². The van der Waals surface area contributed by atoms with Gasteiger partial charge in [-0.05, 0) is 55.8 Å². The van der Waals surface area contributed by atoms with E-state index in [4.69, 9.17) is 16.3 Å². The Morgan fingerprint density at radius 3 is 2.44 bits per heavy atom. The summed E-state index contributed by atoms with van der Waals surface area (Å²) >= 11 is 5.94. The van der Waals surface area contributed by atoms with Gasteiger partial charge in [0.25, 0.3) is 0 Å². The molecule has 0 aliphatic carbocycles. The standard InChI is InChI=1S/C21H27ClN2O/c1-23-13-15-24(16-14-23)12-4-6-19-5-2-3-7-21(19)25-17-18-8-10-20(22)11-9-18/h2-3,5,7-11H,4,6,12-17H2,1H3. The average Bonchev–Trinajstić information content (AvgIpc) is 2.64. The first-order valence-electron chi connectivity index (χ1n) is 9.07. The quantitative estimate of drug-likeness (QED) is 0.741. The summed E-state index contributed by atoms with van der Waals surface area (Å²) in [7, 11) is 2.20. The van der Waals surface area contributed by atoms with E-state index in [0.717, 1.165) is 22.8 Å². The number of benzene rings is 2. The van der Waals surface area contributed by atoms with E-state index in [0.29, 0.717) is 6.61 Å². The van der Waals surface area contributed by atoms with Gasteiger partial charge in [0, 0.05) is 31.2 Å². The molecule has 0 radical (unpaired) electrons. The number of halogens is 1. The van der Waals surface area contributed by atoms with Crippen LogP contribution < -0.4 is 4.74 Å². The third kappa shape index (κ3) is 5.74. The summed E-state index contributed by atoms with van der Waals surface area (Å²) in [4.78, 5) is 4.97. The van der Waals surface area contributed by atoms with Crippen molar-refractivity contribution in [2.75, 3.05) is 39.8 Å². The number of rotatable bonds is 7. The highest BCUT2D eigenvalue weighted by atomic mass is 35.5. The van der Waals surface area contributed by atoms with E-state index in [-0.39, 0.29) is 0 Å². The van der Waals surface area contributed by atoms with E-state index in [2.05, 4.69) is 35.0 Å². The van der Waals surface area contributed by atoms with Gasteiger partial charge in [0.1, 0.15) is 12.4 Å². The number of aryl methyl sites for hydroxylation is 1. The van der Waals surface area contributed by atoms with Gasteiger partial charge >= 0.3 is 0 Å². The van der Waals surface area contributed by atoms with Crippen LogP contribution in [-0.4, -0.2) is 49.6 Å². The Morgan fingerprint density at radius 1 is 0.960 bits per heavy atom. The van der Waals surface area contributed by atoms with Crippen LogP contribution in [-0.2, 0) is 13.0 Å². The van der Waals surface area contributed by atoms with Crippen molar-refractivity contribution >= 4 is 11.6 Å². The Labute approximate surface area is 156 Å². The molecule has 3 nitrogen and oxygen atoms in total. The van der Waals surface area contributed by atoms with Crippen molar-refractivity contribution in [2.24, 2.45) is 0 Å². The normalized spacial score (nSPS) is 16.1. The summed E-state index contributed by atoms with van der Waals surface area (Å²) in [6.07, 6.45) is 2.23. The highest BCUT2D eigenvalue weighted by Gasteiger charge is 2.13. The molecule has 2 aromatic carbocycles. The molecule has 0 atom stereocenters. The molecule has 0 saturated carbocycles. The predicted octanol–water partition coefficient (Wildman–Crippen LogP) is 4.10. The zero-order valence-electron chi connectivity index (χ0n) is 15.0. The van der Waals surface area contributed by atoms with Crippen molar-refractivity contribution in [1.82, 2.24) is 9.80 Å². The van der Waals surface area contributed by atoms with Crippen molar-refractivity contribution in [1.29, 1.82) is 0 Å². The van der Waals surface area contributed by atoms with E-state index in [1.54, 1.807) is 0 Å². The minimum absolute atomic E-state index is 0.576. The summed E-state index contributed by atoms with van der Waals surface area (Å²) in [5.74, 6) is 0.996. The summed E-state index contributed by atoms with van der Waals surface area (Å²) in [6, 6.07) is 16.2. The number of hydrogen-bond acceptors (Lipinski definition) is 3. The average molecular weight is 359 g/mol. The molecule has 1 aliphatic heterocycles. The highest BCUT2D eigenvalue weighted by Crippen LogP contribution is 2.21. The fourth-order valence-electron chi connectivity index (χ4n) is 3.16. The molecule has 0 aromatic heterocycles. The van der Waals surface area contributed by atoms with Gasteiger partial charge in [-0.25, -0.2) is 0 Å². The number of piperazine rings is 1. The molecule has 1 saturated heterocycles. The van der Waals surface area contributed by atoms with E-state index in [1.807, 2.05) is 30.3 Å². The van der Waals surface area contributed by atoms with Crippen molar-refractivity contribution in [2.45, 2.75) is 19.4 Å². The maximum Gasteiger partial charge on any atom is 0.122 e. The van der Waals surface area contributed by atoms with E-state index in [1.165, 1.54) is 44.7 Å². The van der Waals surface area contributed by atoms with Crippen LogP contribution in [0.4, 0.5) is 0 Å². The minimum atomic E-state index is 0.576. The number of likely N-dealkylation sites (N-methyl/N-ethyl adjacent to an activating group) is 1. The zero-order valence-corrected chi connectivity index (χ0v) is 15.7. The van der Waals surface area contributed by atoms with Crippen LogP contribution >= 0.6 is 11.6 Å². The second-order valence-corrected chi connectivity index (χ2v) is 7.21. The van der Waals surface area contributed by atoms with Crippen LogP contribution in [0.2, 0.25) is 5.02 Å². The summed E-state index contributed by atoms with van der Waals surface area (Å²) in [6.45, 7) is 6.48. The maximum atomic E-state index is 6.06. The Kier molecular flexibility index (Phi) is 6.74. The van der Waals surface area contributed by atoms with Gasteiger partial charge in [-0.2, -0.15) is 0 Å². The highest BCUT2D eigenvalue weighted by molar-refractivity contribution is 6.30. The number of hydrogen-bond donors (Lipinski definition) is 0. The smallest absolute Gasteiger partial charge is 0.122 e. The lowest BCUT2D eigenvalue weighted by Crippen LogP contribution is -2.44. The maximum absolute atomic E-state index is 6.06. The molecule has 4 heteroatoms. The minimum Gasteiger partial charge on any atom is -0.489 e. The van der Waals surface area contributed by atoms with Gasteiger partial charge in [0.2, 0.25) is 0 Å². The Balaban J connectivity index is 1.49. The van der Waals surface area contributed by atoms with Crippen LogP contribution in [0.15, 0.2) is 48.5 Å². The second kappa shape index (κ2) is 9.23. The van der Waals surface area contributed by atoms with Gasteiger partial charge in [0.15, 0.2) is 0 Å². The molecule has 2 aromatic rings. The summed E-state index contributed by atoms with van der Waals surface area (Å²) in [5, 5.41) is 0.757. The molecule has 0 bridgehead atoms. The molecule has 0 spiro atoms. The fourth-order valence-corrected chi connectivity index (χ4v) is 3.28. The SMILES string of the molecule is CN1CCN(CCCc2ccccc2OCc2ccc(Cl)cc2)CC1. The lowest BCUT2D eigenvalue weighted by molar-refractivity contribution is 0.153. The van der Waals surface area contributed by atoms with E-state index < -0.39 is 0 Å². The molecular formula is C21H27ClN2O. The molecule has 1 heterocycles. The van der Waals surface area contributed by atoms with Crippen molar-refractivity contribution in [3.05, 3.63) is 64.7 Å². The Bertz CT molecular complexity index is 651. The van der Waals surface area contributed by atoms with Crippen LogP contribution in [0.3, 0.4) is 0 Å². The van der Waals surface area contributed by atoms with Crippen LogP contribution in [0.5, 0.6) is 5.75 Å². The monoisotopic (exact) mass is 358 g/mol. The van der Waals surface area contributed by atoms with E-state index in [9.17, 15) is 0 Å². The van der Waals surface area contributed by atoms with Gasteiger partial charge in [-0.1, -0.05) is 41.9 Å². The largest absolute Gasteiger partial charge is 0.489 e. The van der Waals surface area contributed by atoms with Crippen LogP contribution in [0.25, 0.3) is 0 Å². The van der Waals surface area contributed by atoms with Gasteiger partial charge in [-0.3, -0.25) is 0 Å². The first-order valence-corrected chi connectivity index (χ1v) is 9.44. The lowest BCUT2D eigenvalue weighted by Gasteiger charge is -2.32. The fraction of sp³-hybridized carbons (Fsp3) is 0.429. The molecule has 25 heavy (non-hydrogen) atoms. The first-order chi connectivity index (χ1) is 12.2. The first kappa shape index (κ1) is 18.2. The molecule has 134 valence electrons. The number of nitrogens with zero attached hydrogens (tertiary/aromatic N) is 2. The second-order valence-electron chi connectivity index (χ2n) is 6.77. The lowest BCUT2D eigenvalue weighted by atomic mass is 10.1. The molecular weight excluding hydrogens is 332 g/mol. The third-order valence-electron chi connectivity index (χ3n) is 4.80. The van der Waals surface area contributed by atoms with Gasteiger partial charge in [-0.15, -0.1) is 0 Å². The molecule has 0 amide bonds. The van der Waals surface area contributed by atoms with Crippen molar-refractivity contribution < 1.29 is 4.74 Å². The number of para-hydroxylation sites is 1. The van der Waals surface area contributed by atoms with Gasteiger partial charge < -0.3 is 14.5 Å². The Morgan fingerprint density at radius 2 is 1.68 bits per heavy atom.